The van der Waals surface area contributed by atoms with Gasteiger partial charge in [-0.05, 0) is 17.7 Å². The lowest BCUT2D eigenvalue weighted by Gasteiger charge is -2.15. The maximum atomic E-state index is 11.6. The first-order chi connectivity index (χ1) is 9.42. The van der Waals surface area contributed by atoms with Crippen molar-refractivity contribution in [2.75, 3.05) is 7.11 Å². The van der Waals surface area contributed by atoms with Gasteiger partial charge in [-0.25, -0.2) is 4.79 Å². The number of carbonyl (C=O) groups is 3. The number of carbonyl (C=O) groups excluding carboxylic acids is 3. The number of ether oxygens (including phenoxy) is 2. The van der Waals surface area contributed by atoms with Gasteiger partial charge in [0.25, 0.3) is 0 Å². The van der Waals surface area contributed by atoms with Crippen LogP contribution in [0.4, 0.5) is 0 Å². The molecular weight excluding hydrogens is 262 g/mol. The summed E-state index contributed by atoms with van der Waals surface area (Å²) in [6.07, 6.45) is 0.298. The van der Waals surface area contributed by atoms with Crippen molar-refractivity contribution in [3.05, 3.63) is 29.8 Å². The molecule has 0 unspecified atom stereocenters. The summed E-state index contributed by atoms with van der Waals surface area (Å²) in [4.78, 5) is 33.4. The van der Waals surface area contributed by atoms with Gasteiger partial charge in [-0.1, -0.05) is 12.1 Å². The Morgan fingerprint density at radius 3 is 2.20 bits per heavy atom. The zero-order valence-electron chi connectivity index (χ0n) is 11.6. The Labute approximate surface area is 117 Å². The number of amides is 1. The summed E-state index contributed by atoms with van der Waals surface area (Å²) in [5.74, 6) is -0.792. The van der Waals surface area contributed by atoms with Gasteiger partial charge in [-0.15, -0.1) is 0 Å². The van der Waals surface area contributed by atoms with Gasteiger partial charge in [0.15, 0.2) is 0 Å². The second kappa shape index (κ2) is 7.28. The van der Waals surface area contributed by atoms with E-state index in [1.807, 2.05) is 0 Å². The van der Waals surface area contributed by atoms with Crippen LogP contribution in [0.25, 0.3) is 0 Å². The fraction of sp³-hybridized carbons (Fsp3) is 0.357. The summed E-state index contributed by atoms with van der Waals surface area (Å²) in [7, 11) is 1.26. The number of methoxy groups -OCH3 is 1. The molecule has 0 heterocycles. The van der Waals surface area contributed by atoms with Crippen molar-refractivity contribution in [2.45, 2.75) is 26.3 Å². The van der Waals surface area contributed by atoms with E-state index in [0.29, 0.717) is 12.2 Å². The van der Waals surface area contributed by atoms with Crippen molar-refractivity contribution in [1.29, 1.82) is 0 Å². The van der Waals surface area contributed by atoms with Gasteiger partial charge in [0.1, 0.15) is 11.8 Å². The van der Waals surface area contributed by atoms with Crippen LogP contribution in [-0.2, 0) is 25.5 Å². The minimum atomic E-state index is -0.739. The normalized spacial score (nSPS) is 11.3. The molecule has 0 saturated heterocycles. The molecule has 0 aliphatic carbocycles. The van der Waals surface area contributed by atoms with E-state index in [2.05, 4.69) is 10.1 Å². The molecule has 0 bridgehead atoms. The Hall–Kier alpha value is -2.37. The third-order valence-corrected chi connectivity index (χ3v) is 2.49. The molecule has 0 fully saturated rings. The molecule has 108 valence electrons. The average molecular weight is 279 g/mol. The van der Waals surface area contributed by atoms with Crippen molar-refractivity contribution >= 4 is 17.8 Å². The molecule has 1 aromatic carbocycles. The Kier molecular flexibility index (Phi) is 5.71. The number of rotatable bonds is 5. The van der Waals surface area contributed by atoms with Gasteiger partial charge in [0.05, 0.1) is 7.11 Å². The maximum Gasteiger partial charge on any atom is 0.328 e. The Balaban J connectivity index is 2.75. The molecular formula is C14H17NO5. The first-order valence-corrected chi connectivity index (χ1v) is 6.04. The summed E-state index contributed by atoms with van der Waals surface area (Å²) in [6, 6.07) is 5.95. The smallest absolute Gasteiger partial charge is 0.328 e. The zero-order valence-corrected chi connectivity index (χ0v) is 11.6. The highest BCUT2D eigenvalue weighted by molar-refractivity contribution is 5.83. The fourth-order valence-corrected chi connectivity index (χ4v) is 1.68. The summed E-state index contributed by atoms with van der Waals surface area (Å²) in [6.45, 7) is 2.65. The quantitative estimate of drug-likeness (QED) is 0.638. The molecule has 1 amide bonds. The topological polar surface area (TPSA) is 81.7 Å². The molecule has 1 aromatic rings. The molecule has 6 nitrogen and oxygen atoms in total. The molecule has 0 saturated carbocycles. The second-order valence-corrected chi connectivity index (χ2v) is 4.22. The van der Waals surface area contributed by atoms with Gasteiger partial charge in [-0.3, -0.25) is 9.59 Å². The van der Waals surface area contributed by atoms with E-state index in [9.17, 15) is 14.4 Å². The van der Waals surface area contributed by atoms with Gasteiger partial charge < -0.3 is 14.8 Å². The number of hydrogen-bond acceptors (Lipinski definition) is 5. The van der Waals surface area contributed by atoms with Crippen molar-refractivity contribution in [3.63, 3.8) is 0 Å². The van der Waals surface area contributed by atoms with E-state index in [1.54, 1.807) is 24.3 Å². The van der Waals surface area contributed by atoms with Crippen LogP contribution >= 0.6 is 0 Å². The molecule has 0 aromatic heterocycles. The lowest BCUT2D eigenvalue weighted by atomic mass is 10.1. The van der Waals surface area contributed by atoms with Crippen LogP contribution in [0.1, 0.15) is 19.4 Å². The van der Waals surface area contributed by atoms with E-state index >= 15 is 0 Å². The van der Waals surface area contributed by atoms with Gasteiger partial charge >= 0.3 is 11.9 Å². The standard InChI is InChI=1S/C14H17NO5/c1-9(16)15-13(14(18)19-3)8-11-4-6-12(7-5-11)20-10(2)17/h4-7,13H,8H2,1-3H3,(H,15,16)/t13-/m0/s1. The minimum absolute atomic E-state index is 0.298. The van der Waals surface area contributed by atoms with Gasteiger partial charge in [0.2, 0.25) is 5.91 Å². The highest BCUT2D eigenvalue weighted by atomic mass is 16.5. The number of hydrogen-bond donors (Lipinski definition) is 1. The first-order valence-electron chi connectivity index (χ1n) is 6.04. The van der Waals surface area contributed by atoms with Crippen molar-refractivity contribution in [3.8, 4) is 5.75 Å². The van der Waals surface area contributed by atoms with Crippen LogP contribution in [-0.4, -0.2) is 31.0 Å². The zero-order chi connectivity index (χ0) is 15.1. The van der Waals surface area contributed by atoms with Crippen LogP contribution in [0.5, 0.6) is 5.75 Å². The maximum absolute atomic E-state index is 11.6. The van der Waals surface area contributed by atoms with E-state index in [-0.39, 0.29) is 5.91 Å². The second-order valence-electron chi connectivity index (χ2n) is 4.22. The molecule has 0 aliphatic heterocycles. The van der Waals surface area contributed by atoms with Gasteiger partial charge in [0, 0.05) is 20.3 Å². The van der Waals surface area contributed by atoms with Crippen LogP contribution in [0.3, 0.4) is 0 Å². The van der Waals surface area contributed by atoms with Crippen LogP contribution in [0.2, 0.25) is 0 Å². The van der Waals surface area contributed by atoms with Crippen molar-refractivity contribution in [1.82, 2.24) is 5.32 Å². The highest BCUT2D eigenvalue weighted by Gasteiger charge is 2.20. The largest absolute Gasteiger partial charge is 0.467 e. The average Bonchev–Trinajstić information content (AvgIpc) is 2.38. The summed E-state index contributed by atoms with van der Waals surface area (Å²) in [5, 5.41) is 2.53. The van der Waals surface area contributed by atoms with E-state index in [1.165, 1.54) is 21.0 Å². The molecule has 1 rings (SSSR count). The predicted octanol–water partition coefficient (Wildman–Crippen LogP) is 0.832. The van der Waals surface area contributed by atoms with Crippen molar-refractivity contribution in [2.24, 2.45) is 0 Å². The van der Waals surface area contributed by atoms with Crippen molar-refractivity contribution < 1.29 is 23.9 Å². The van der Waals surface area contributed by atoms with Gasteiger partial charge in [-0.2, -0.15) is 0 Å². The summed E-state index contributed by atoms with van der Waals surface area (Å²) < 4.78 is 9.55. The third kappa shape index (κ3) is 5.09. The van der Waals surface area contributed by atoms with E-state index < -0.39 is 18.0 Å². The monoisotopic (exact) mass is 279 g/mol. The molecule has 20 heavy (non-hydrogen) atoms. The molecule has 0 radical (unpaired) electrons. The summed E-state index contributed by atoms with van der Waals surface area (Å²) in [5.41, 5.74) is 0.810. The molecule has 1 atom stereocenters. The Bertz CT molecular complexity index is 495. The Morgan fingerprint density at radius 2 is 1.75 bits per heavy atom. The number of esters is 2. The van der Waals surface area contributed by atoms with Crippen LogP contribution in [0.15, 0.2) is 24.3 Å². The summed E-state index contributed by atoms with van der Waals surface area (Å²) >= 11 is 0. The van der Waals surface area contributed by atoms with Crippen LogP contribution in [0, 0.1) is 0 Å². The lowest BCUT2D eigenvalue weighted by Crippen LogP contribution is -2.41. The molecule has 0 aliphatic rings. The van der Waals surface area contributed by atoms with E-state index in [4.69, 9.17) is 4.74 Å². The van der Waals surface area contributed by atoms with Crippen LogP contribution < -0.4 is 10.1 Å². The first kappa shape index (κ1) is 15.7. The van der Waals surface area contributed by atoms with E-state index in [0.717, 1.165) is 5.56 Å². The SMILES string of the molecule is COC(=O)[C@H](Cc1ccc(OC(C)=O)cc1)NC(C)=O. The lowest BCUT2D eigenvalue weighted by molar-refractivity contribution is -0.144. The predicted molar refractivity (Wildman–Crippen MR) is 71.1 cm³/mol. The Morgan fingerprint density at radius 1 is 1.15 bits per heavy atom. The molecule has 6 heteroatoms. The third-order valence-electron chi connectivity index (χ3n) is 2.49. The highest BCUT2D eigenvalue weighted by Crippen LogP contribution is 2.14. The number of nitrogens with one attached hydrogen (secondary N) is 1. The number of benzene rings is 1. The fourth-order valence-electron chi connectivity index (χ4n) is 1.68. The minimum Gasteiger partial charge on any atom is -0.467 e. The molecule has 0 spiro atoms. The molecule has 1 N–H and O–H groups in total.